The Hall–Kier alpha value is -2.19. The van der Waals surface area contributed by atoms with Gasteiger partial charge >= 0.3 is 0 Å². The number of rotatable bonds is 6. The first kappa shape index (κ1) is 20.1. The number of piperidine rings is 1. The SMILES string of the molecule is O=P(C[C@@H]1CC[C@H](O)CN1Cc1ccccc1)(c1ccccc1)c1ccccc1. The molecule has 0 amide bonds. The highest BCUT2D eigenvalue weighted by Crippen LogP contribution is 2.46. The maximum atomic E-state index is 14.5. The third kappa shape index (κ3) is 4.70. The van der Waals surface area contributed by atoms with Crippen LogP contribution in [0.4, 0.5) is 0 Å². The number of hydrogen-bond acceptors (Lipinski definition) is 3. The van der Waals surface area contributed by atoms with Gasteiger partial charge in [-0.15, -0.1) is 0 Å². The maximum absolute atomic E-state index is 14.5. The van der Waals surface area contributed by atoms with E-state index >= 15 is 0 Å². The molecule has 0 unspecified atom stereocenters. The molecule has 4 rings (SSSR count). The largest absolute Gasteiger partial charge is 0.392 e. The molecule has 0 aliphatic carbocycles. The second kappa shape index (κ2) is 9.09. The van der Waals surface area contributed by atoms with Crippen LogP contribution in [-0.2, 0) is 11.1 Å². The van der Waals surface area contributed by atoms with Gasteiger partial charge in [0.05, 0.1) is 6.10 Å². The molecule has 29 heavy (non-hydrogen) atoms. The molecule has 2 atom stereocenters. The van der Waals surface area contributed by atoms with Crippen molar-refractivity contribution in [2.45, 2.75) is 31.5 Å². The standard InChI is InChI=1S/C25H28NO2P/c27-23-17-16-22(26(19-23)18-21-10-4-1-5-11-21)20-29(28,24-12-6-2-7-13-24)25-14-8-3-9-15-25/h1-15,22-23,27H,16-20H2/t22-,23-/m0/s1. The topological polar surface area (TPSA) is 40.5 Å². The van der Waals surface area contributed by atoms with Gasteiger partial charge in [0.1, 0.15) is 7.14 Å². The molecule has 3 aromatic carbocycles. The fraction of sp³-hybridized carbons (Fsp3) is 0.280. The van der Waals surface area contributed by atoms with Crippen LogP contribution in [0.15, 0.2) is 91.0 Å². The van der Waals surface area contributed by atoms with Crippen LogP contribution in [0.5, 0.6) is 0 Å². The zero-order valence-electron chi connectivity index (χ0n) is 16.6. The summed E-state index contributed by atoms with van der Waals surface area (Å²) in [5.74, 6) is 0. The number of likely N-dealkylation sites (tertiary alicyclic amines) is 1. The fourth-order valence-electron chi connectivity index (χ4n) is 4.29. The fourth-order valence-corrected chi connectivity index (χ4v) is 7.33. The smallest absolute Gasteiger partial charge is 0.144 e. The van der Waals surface area contributed by atoms with Gasteiger partial charge in [-0.05, 0) is 18.4 Å². The van der Waals surface area contributed by atoms with E-state index in [0.29, 0.717) is 12.7 Å². The van der Waals surface area contributed by atoms with Gasteiger partial charge < -0.3 is 9.67 Å². The van der Waals surface area contributed by atoms with E-state index in [1.54, 1.807) is 0 Å². The molecule has 4 heteroatoms. The van der Waals surface area contributed by atoms with Crippen molar-refractivity contribution in [1.82, 2.24) is 4.90 Å². The Balaban J connectivity index is 1.66. The highest BCUT2D eigenvalue weighted by atomic mass is 31.2. The molecule has 1 aliphatic rings. The molecule has 0 spiro atoms. The number of aliphatic hydroxyl groups excluding tert-OH is 1. The lowest BCUT2D eigenvalue weighted by Gasteiger charge is -2.39. The Kier molecular flexibility index (Phi) is 6.30. The van der Waals surface area contributed by atoms with Gasteiger partial charge in [0.25, 0.3) is 0 Å². The molecule has 1 heterocycles. The van der Waals surface area contributed by atoms with Gasteiger partial charge in [0.15, 0.2) is 0 Å². The summed E-state index contributed by atoms with van der Waals surface area (Å²) >= 11 is 0. The molecule has 3 aromatic rings. The van der Waals surface area contributed by atoms with E-state index < -0.39 is 7.14 Å². The molecule has 0 bridgehead atoms. The van der Waals surface area contributed by atoms with Crippen molar-refractivity contribution in [2.24, 2.45) is 0 Å². The molecule has 3 nitrogen and oxygen atoms in total. The van der Waals surface area contributed by atoms with Gasteiger partial charge in [0.2, 0.25) is 0 Å². The first-order valence-corrected chi connectivity index (χ1v) is 12.2. The Bertz CT molecular complexity index is 903. The minimum Gasteiger partial charge on any atom is -0.392 e. The number of nitrogens with zero attached hydrogens (tertiary/aromatic N) is 1. The maximum Gasteiger partial charge on any atom is 0.144 e. The van der Waals surface area contributed by atoms with Gasteiger partial charge in [-0.3, -0.25) is 4.90 Å². The number of benzene rings is 3. The summed E-state index contributed by atoms with van der Waals surface area (Å²) in [6.45, 7) is 1.40. The van der Waals surface area contributed by atoms with Crippen molar-refractivity contribution in [3.63, 3.8) is 0 Å². The van der Waals surface area contributed by atoms with Crippen molar-refractivity contribution < 1.29 is 9.67 Å². The summed E-state index contributed by atoms with van der Waals surface area (Å²) < 4.78 is 14.5. The number of β-amino-alcohol motifs (C(OH)–C–C–N with tert-alkyl or cyclic N) is 1. The monoisotopic (exact) mass is 405 g/mol. The zero-order chi connectivity index (χ0) is 20.1. The third-order valence-corrected chi connectivity index (χ3v) is 9.04. The summed E-state index contributed by atoms with van der Waals surface area (Å²) in [6, 6.07) is 30.3. The predicted octanol–water partition coefficient (Wildman–Crippen LogP) is 4.03. The van der Waals surface area contributed by atoms with Crippen LogP contribution in [0.25, 0.3) is 0 Å². The second-order valence-corrected chi connectivity index (χ2v) is 10.8. The second-order valence-electron chi connectivity index (χ2n) is 7.89. The Labute approximate surface area is 173 Å². The van der Waals surface area contributed by atoms with Crippen LogP contribution in [0.3, 0.4) is 0 Å². The molecule has 1 aliphatic heterocycles. The summed E-state index contributed by atoms with van der Waals surface area (Å²) in [4.78, 5) is 2.32. The molecule has 0 radical (unpaired) electrons. The Morgan fingerprint density at radius 1 is 0.793 bits per heavy atom. The Morgan fingerprint density at radius 2 is 1.31 bits per heavy atom. The molecular formula is C25H28NO2P. The summed E-state index contributed by atoms with van der Waals surface area (Å²) in [6.07, 6.45) is 1.90. The van der Waals surface area contributed by atoms with Crippen molar-refractivity contribution in [1.29, 1.82) is 0 Å². The van der Waals surface area contributed by atoms with Crippen molar-refractivity contribution >= 4 is 17.8 Å². The van der Waals surface area contributed by atoms with E-state index in [4.69, 9.17) is 0 Å². The third-order valence-electron chi connectivity index (χ3n) is 5.84. The highest BCUT2D eigenvalue weighted by Gasteiger charge is 2.36. The zero-order valence-corrected chi connectivity index (χ0v) is 17.5. The lowest BCUT2D eigenvalue weighted by molar-refractivity contribution is 0.0374. The summed E-state index contributed by atoms with van der Waals surface area (Å²) in [7, 11) is -2.78. The number of aliphatic hydroxyl groups is 1. The molecule has 1 fully saturated rings. The Morgan fingerprint density at radius 3 is 1.86 bits per heavy atom. The molecule has 1 saturated heterocycles. The summed E-state index contributed by atoms with van der Waals surface area (Å²) in [5.41, 5.74) is 1.22. The van der Waals surface area contributed by atoms with Crippen LogP contribution in [0.1, 0.15) is 18.4 Å². The van der Waals surface area contributed by atoms with Crippen molar-refractivity contribution in [2.75, 3.05) is 12.7 Å². The minimum atomic E-state index is -2.78. The normalized spacial score (nSPS) is 20.4. The van der Waals surface area contributed by atoms with E-state index in [0.717, 1.165) is 30.0 Å². The average Bonchev–Trinajstić information content (AvgIpc) is 2.77. The van der Waals surface area contributed by atoms with Crippen LogP contribution in [0, 0.1) is 0 Å². The first-order valence-electron chi connectivity index (χ1n) is 10.3. The minimum absolute atomic E-state index is 0.171. The molecule has 150 valence electrons. The molecule has 0 saturated carbocycles. The van der Waals surface area contributed by atoms with Crippen LogP contribution < -0.4 is 10.6 Å². The van der Waals surface area contributed by atoms with Crippen LogP contribution in [-0.4, -0.2) is 34.9 Å². The molecule has 0 aromatic heterocycles. The van der Waals surface area contributed by atoms with E-state index in [-0.39, 0.29) is 12.1 Å². The molecular weight excluding hydrogens is 377 g/mol. The first-order chi connectivity index (χ1) is 14.1. The quantitative estimate of drug-likeness (QED) is 0.630. The van der Waals surface area contributed by atoms with Gasteiger partial charge in [0, 0.05) is 35.9 Å². The molecule has 1 N–H and O–H groups in total. The van der Waals surface area contributed by atoms with E-state index in [1.165, 1.54) is 5.56 Å². The van der Waals surface area contributed by atoms with E-state index in [1.807, 2.05) is 78.9 Å². The lowest BCUT2D eigenvalue weighted by atomic mass is 10.0. The predicted molar refractivity (Wildman–Crippen MR) is 121 cm³/mol. The van der Waals surface area contributed by atoms with Crippen LogP contribution in [0.2, 0.25) is 0 Å². The van der Waals surface area contributed by atoms with Gasteiger partial charge in [-0.1, -0.05) is 91.0 Å². The summed E-state index contributed by atoms with van der Waals surface area (Å²) in [5, 5.41) is 12.1. The van der Waals surface area contributed by atoms with E-state index in [9.17, 15) is 9.67 Å². The highest BCUT2D eigenvalue weighted by molar-refractivity contribution is 7.78. The van der Waals surface area contributed by atoms with Crippen molar-refractivity contribution in [3.05, 3.63) is 96.6 Å². The van der Waals surface area contributed by atoms with Gasteiger partial charge in [-0.25, -0.2) is 0 Å². The average molecular weight is 405 g/mol. The number of hydrogen-bond donors (Lipinski definition) is 1. The van der Waals surface area contributed by atoms with Crippen LogP contribution >= 0.6 is 7.14 Å². The lowest BCUT2D eigenvalue weighted by Crippen LogP contribution is -2.47. The van der Waals surface area contributed by atoms with Gasteiger partial charge in [-0.2, -0.15) is 0 Å². The van der Waals surface area contributed by atoms with E-state index in [2.05, 4.69) is 17.0 Å². The van der Waals surface area contributed by atoms with Crippen molar-refractivity contribution in [3.8, 4) is 0 Å².